The highest BCUT2D eigenvalue weighted by Gasteiger charge is 2.35. The smallest absolute Gasteiger partial charge is 0.264 e. The van der Waals surface area contributed by atoms with E-state index >= 15 is 0 Å². The topological polar surface area (TPSA) is 86.8 Å². The number of rotatable bonds is 13. The molecule has 0 aliphatic heterocycles. The summed E-state index contributed by atoms with van der Waals surface area (Å²) in [6.45, 7) is 5.22. The van der Waals surface area contributed by atoms with Gasteiger partial charge in [0.25, 0.3) is 10.0 Å². The summed E-state index contributed by atoms with van der Waals surface area (Å²) in [6.07, 6.45) is 0.857. The van der Waals surface area contributed by atoms with Gasteiger partial charge in [-0.2, -0.15) is 0 Å². The van der Waals surface area contributed by atoms with Crippen LogP contribution < -0.4 is 9.62 Å². The fourth-order valence-electron chi connectivity index (χ4n) is 4.88. The van der Waals surface area contributed by atoms with Crippen LogP contribution in [0.25, 0.3) is 0 Å². The molecule has 0 bridgehead atoms. The summed E-state index contributed by atoms with van der Waals surface area (Å²) in [5.41, 5.74) is 3.08. The maximum absolute atomic E-state index is 14.6. The van der Waals surface area contributed by atoms with Crippen LogP contribution in [0, 0.1) is 13.8 Å². The van der Waals surface area contributed by atoms with Crippen molar-refractivity contribution >= 4 is 62.3 Å². The molecule has 4 aromatic carbocycles. The van der Waals surface area contributed by atoms with Crippen molar-refractivity contribution in [1.82, 2.24) is 10.2 Å². The van der Waals surface area contributed by atoms with Crippen molar-refractivity contribution < 1.29 is 18.0 Å². The number of aryl methyl sites for hydroxylation is 2. The van der Waals surface area contributed by atoms with Gasteiger partial charge in [-0.1, -0.05) is 102 Å². The average molecular weight is 701 g/mol. The Morgan fingerprint density at radius 1 is 0.826 bits per heavy atom. The van der Waals surface area contributed by atoms with Crippen LogP contribution in [0.3, 0.4) is 0 Å². The Balaban J connectivity index is 1.85. The fourth-order valence-corrected chi connectivity index (χ4v) is 6.97. The van der Waals surface area contributed by atoms with E-state index < -0.39 is 28.5 Å². The van der Waals surface area contributed by atoms with E-state index in [4.69, 9.17) is 34.8 Å². The SMILES string of the molecule is CCCNC(=O)[C@@H](Cc1ccccc1)N(Cc1c(Cl)cccc1Cl)C(=O)CN(c1ccc(C)c(Cl)c1)S(=O)(=O)c1ccc(C)cc1. The monoisotopic (exact) mass is 699 g/mol. The summed E-state index contributed by atoms with van der Waals surface area (Å²) >= 11 is 19.6. The third-order valence-corrected chi connectivity index (χ3v) is 10.4. The quantitative estimate of drug-likeness (QED) is 0.156. The maximum Gasteiger partial charge on any atom is 0.264 e. The zero-order chi connectivity index (χ0) is 33.4. The second kappa shape index (κ2) is 15.8. The lowest BCUT2D eigenvalue weighted by molar-refractivity contribution is -0.140. The zero-order valence-corrected chi connectivity index (χ0v) is 28.9. The van der Waals surface area contributed by atoms with Crippen LogP contribution in [0.2, 0.25) is 15.1 Å². The molecule has 0 aromatic heterocycles. The van der Waals surface area contributed by atoms with Gasteiger partial charge in [-0.15, -0.1) is 0 Å². The molecule has 0 radical (unpaired) electrons. The normalized spacial score (nSPS) is 12.0. The van der Waals surface area contributed by atoms with E-state index in [9.17, 15) is 18.0 Å². The molecule has 0 saturated heterocycles. The second-order valence-corrected chi connectivity index (χ2v) is 14.1. The summed E-state index contributed by atoms with van der Waals surface area (Å²) < 4.78 is 29.4. The first-order valence-electron chi connectivity index (χ1n) is 14.8. The maximum atomic E-state index is 14.6. The van der Waals surface area contributed by atoms with E-state index in [0.29, 0.717) is 33.6 Å². The number of sulfonamides is 1. The first kappa shape index (κ1) is 35.3. The molecule has 0 aliphatic rings. The standard InChI is InChI=1S/C35H36Cl3N3O4S/c1-4-19-39-35(43)33(20-26-9-6-5-7-10-26)40(22-29-30(36)11-8-12-31(29)37)34(42)23-41(27-16-15-25(3)32(38)21-27)46(44,45)28-17-13-24(2)14-18-28/h5-18,21,33H,4,19-20,22-23H2,1-3H3,(H,39,43)/t33-/m1/s1. The molecular formula is C35H36Cl3N3O4S. The number of hydrogen-bond donors (Lipinski definition) is 1. The molecule has 0 spiro atoms. The first-order valence-corrected chi connectivity index (χ1v) is 17.4. The molecule has 4 rings (SSSR count). The van der Waals surface area contributed by atoms with Crippen LogP contribution in [0.5, 0.6) is 0 Å². The van der Waals surface area contributed by atoms with Crippen molar-refractivity contribution in [2.45, 2.75) is 51.1 Å². The van der Waals surface area contributed by atoms with Gasteiger partial charge < -0.3 is 10.2 Å². The summed E-state index contributed by atoms with van der Waals surface area (Å²) in [7, 11) is -4.26. The zero-order valence-electron chi connectivity index (χ0n) is 25.8. The molecule has 1 atom stereocenters. The van der Waals surface area contributed by atoms with Crippen molar-refractivity contribution in [2.24, 2.45) is 0 Å². The molecule has 0 heterocycles. The van der Waals surface area contributed by atoms with E-state index in [2.05, 4.69) is 5.32 Å². The molecule has 1 N–H and O–H groups in total. The summed E-state index contributed by atoms with van der Waals surface area (Å²) in [6, 6.07) is 24.5. The van der Waals surface area contributed by atoms with E-state index in [1.54, 1.807) is 49.4 Å². The Morgan fingerprint density at radius 3 is 2.09 bits per heavy atom. The minimum absolute atomic E-state index is 0.00446. The Bertz CT molecular complexity index is 1760. The van der Waals surface area contributed by atoms with Crippen LogP contribution in [0.15, 0.2) is 95.9 Å². The van der Waals surface area contributed by atoms with Crippen LogP contribution in [-0.4, -0.2) is 44.3 Å². The third-order valence-electron chi connectivity index (χ3n) is 7.54. The van der Waals surface area contributed by atoms with Crippen molar-refractivity contribution in [3.05, 3.63) is 128 Å². The predicted molar refractivity (Wildman–Crippen MR) is 186 cm³/mol. The predicted octanol–water partition coefficient (Wildman–Crippen LogP) is 7.63. The fraction of sp³-hybridized carbons (Fsp3) is 0.257. The highest BCUT2D eigenvalue weighted by Crippen LogP contribution is 2.31. The van der Waals surface area contributed by atoms with Crippen molar-refractivity contribution in [3.8, 4) is 0 Å². The molecule has 4 aromatic rings. The molecular weight excluding hydrogens is 665 g/mol. The summed E-state index contributed by atoms with van der Waals surface area (Å²) in [4.78, 5) is 29.7. The summed E-state index contributed by atoms with van der Waals surface area (Å²) in [5.74, 6) is -1.01. The summed E-state index contributed by atoms with van der Waals surface area (Å²) in [5, 5.41) is 3.88. The Hall–Kier alpha value is -3.56. The largest absolute Gasteiger partial charge is 0.354 e. The van der Waals surface area contributed by atoms with Crippen molar-refractivity contribution in [2.75, 3.05) is 17.4 Å². The first-order chi connectivity index (χ1) is 21.9. The number of benzene rings is 4. The lowest BCUT2D eigenvalue weighted by Gasteiger charge is -2.34. The Kier molecular flexibility index (Phi) is 12.1. The highest BCUT2D eigenvalue weighted by atomic mass is 35.5. The van der Waals surface area contributed by atoms with Gasteiger partial charge in [0.05, 0.1) is 10.6 Å². The number of amides is 2. The lowest BCUT2D eigenvalue weighted by atomic mass is 10.0. The molecule has 0 unspecified atom stereocenters. The van der Waals surface area contributed by atoms with Gasteiger partial charge in [-0.25, -0.2) is 8.42 Å². The van der Waals surface area contributed by atoms with Crippen molar-refractivity contribution in [1.29, 1.82) is 0 Å². The molecule has 7 nitrogen and oxygen atoms in total. The van der Waals surface area contributed by atoms with Gasteiger partial charge in [0.15, 0.2) is 0 Å². The lowest BCUT2D eigenvalue weighted by Crippen LogP contribution is -2.53. The number of anilines is 1. The molecule has 0 fully saturated rings. The highest BCUT2D eigenvalue weighted by molar-refractivity contribution is 7.92. The van der Waals surface area contributed by atoms with Gasteiger partial charge in [-0.3, -0.25) is 13.9 Å². The van der Waals surface area contributed by atoms with Gasteiger partial charge >= 0.3 is 0 Å². The van der Waals surface area contributed by atoms with Crippen LogP contribution >= 0.6 is 34.8 Å². The number of carbonyl (C=O) groups is 2. The van der Waals surface area contributed by atoms with Crippen LogP contribution in [-0.2, 0) is 32.6 Å². The molecule has 242 valence electrons. The molecule has 46 heavy (non-hydrogen) atoms. The molecule has 11 heteroatoms. The van der Waals surface area contributed by atoms with Crippen LogP contribution in [0.4, 0.5) is 5.69 Å². The van der Waals surface area contributed by atoms with Gasteiger partial charge in [-0.05, 0) is 67.8 Å². The van der Waals surface area contributed by atoms with E-state index in [1.807, 2.05) is 44.2 Å². The number of nitrogens with zero attached hydrogens (tertiary/aromatic N) is 2. The van der Waals surface area contributed by atoms with Gasteiger partial charge in [0, 0.05) is 40.1 Å². The van der Waals surface area contributed by atoms with Gasteiger partial charge in [0.2, 0.25) is 11.8 Å². The second-order valence-electron chi connectivity index (χ2n) is 11.0. The number of hydrogen-bond acceptors (Lipinski definition) is 4. The molecule has 0 saturated carbocycles. The van der Waals surface area contributed by atoms with E-state index in [-0.39, 0.29) is 29.5 Å². The molecule has 0 aliphatic carbocycles. The van der Waals surface area contributed by atoms with Gasteiger partial charge in [0.1, 0.15) is 12.6 Å². The third kappa shape index (κ3) is 8.62. The minimum Gasteiger partial charge on any atom is -0.354 e. The Labute approximate surface area is 286 Å². The van der Waals surface area contributed by atoms with Crippen molar-refractivity contribution in [3.63, 3.8) is 0 Å². The average Bonchev–Trinajstić information content (AvgIpc) is 3.03. The Morgan fingerprint density at radius 2 is 1.48 bits per heavy atom. The van der Waals surface area contributed by atoms with E-state index in [1.165, 1.54) is 23.1 Å². The number of nitrogens with one attached hydrogen (secondary N) is 1. The number of halogens is 3. The van der Waals surface area contributed by atoms with Crippen LogP contribution in [0.1, 0.15) is 35.6 Å². The minimum atomic E-state index is -4.26. The molecule has 2 amide bonds. The van der Waals surface area contributed by atoms with E-state index in [0.717, 1.165) is 21.0 Å². The number of carbonyl (C=O) groups excluding carboxylic acids is 2.